The lowest BCUT2D eigenvalue weighted by atomic mass is 10.1. The maximum Gasteiger partial charge on any atom is 0.407 e. The van der Waals surface area contributed by atoms with Gasteiger partial charge in [-0.3, -0.25) is 4.90 Å². The summed E-state index contributed by atoms with van der Waals surface area (Å²) in [6.45, 7) is 3.63. The molecule has 18 heavy (non-hydrogen) atoms. The molecule has 0 aromatic carbocycles. The number of carboxylic acid groups (broad SMARTS) is 1. The van der Waals surface area contributed by atoms with Crippen LogP contribution in [0.15, 0.2) is 10.6 Å². The van der Waals surface area contributed by atoms with Crippen molar-refractivity contribution in [2.24, 2.45) is 0 Å². The van der Waals surface area contributed by atoms with Crippen LogP contribution in [-0.4, -0.2) is 52.3 Å². The third-order valence-electron chi connectivity index (χ3n) is 3.00. The molecule has 1 unspecified atom stereocenters. The average Bonchev–Trinajstić information content (AvgIpc) is 2.77. The van der Waals surface area contributed by atoms with Crippen LogP contribution in [0.3, 0.4) is 0 Å². The molecule has 0 bridgehead atoms. The van der Waals surface area contributed by atoms with Gasteiger partial charge in [-0.25, -0.2) is 4.79 Å². The highest BCUT2D eigenvalue weighted by atomic mass is 16.5. The van der Waals surface area contributed by atoms with Crippen LogP contribution >= 0.6 is 0 Å². The minimum absolute atomic E-state index is 0.407. The molecule has 0 aliphatic carbocycles. The molecule has 0 spiro atoms. The topological polar surface area (TPSA) is 93.6 Å². The van der Waals surface area contributed by atoms with Crippen LogP contribution in [0, 0.1) is 18.3 Å². The van der Waals surface area contributed by atoms with E-state index < -0.39 is 12.1 Å². The Balaban J connectivity index is 2.03. The molecule has 0 radical (unpaired) electrons. The second-order valence-corrected chi connectivity index (χ2v) is 4.20. The molecule has 1 aromatic rings. The molecule has 96 valence electrons. The molecule has 1 aromatic heterocycles. The fourth-order valence-corrected chi connectivity index (χ4v) is 2.02. The zero-order chi connectivity index (χ0) is 13.1. The summed E-state index contributed by atoms with van der Waals surface area (Å²) in [6.07, 6.45) is -0.916. The second kappa shape index (κ2) is 5.06. The van der Waals surface area contributed by atoms with Gasteiger partial charge in [0.1, 0.15) is 17.5 Å². The van der Waals surface area contributed by atoms with Crippen molar-refractivity contribution in [2.75, 3.05) is 26.2 Å². The van der Waals surface area contributed by atoms with E-state index in [2.05, 4.69) is 11.2 Å². The largest absolute Gasteiger partial charge is 0.465 e. The number of aromatic nitrogens is 1. The number of nitriles is 1. The Morgan fingerprint density at radius 3 is 2.67 bits per heavy atom. The number of piperazine rings is 1. The van der Waals surface area contributed by atoms with Gasteiger partial charge in [0.15, 0.2) is 0 Å². The minimum atomic E-state index is -0.916. The van der Waals surface area contributed by atoms with E-state index in [0.717, 1.165) is 0 Å². The lowest BCUT2D eigenvalue weighted by molar-refractivity contribution is 0.0945. The molecule has 1 N–H and O–H groups in total. The summed E-state index contributed by atoms with van der Waals surface area (Å²) >= 11 is 0. The van der Waals surface area contributed by atoms with Crippen molar-refractivity contribution >= 4 is 6.09 Å². The lowest BCUT2D eigenvalue weighted by Crippen LogP contribution is -2.49. The van der Waals surface area contributed by atoms with Crippen LogP contribution in [-0.2, 0) is 0 Å². The molecule has 1 amide bonds. The smallest absolute Gasteiger partial charge is 0.407 e. The average molecular weight is 250 g/mol. The zero-order valence-electron chi connectivity index (χ0n) is 10.0. The third-order valence-corrected chi connectivity index (χ3v) is 3.00. The molecular formula is C11H14N4O3. The van der Waals surface area contributed by atoms with Crippen molar-refractivity contribution in [1.82, 2.24) is 15.0 Å². The summed E-state index contributed by atoms with van der Waals surface area (Å²) in [5.74, 6) is 0.662. The quantitative estimate of drug-likeness (QED) is 0.836. The first-order valence-corrected chi connectivity index (χ1v) is 5.66. The fraction of sp³-hybridized carbons (Fsp3) is 0.545. The van der Waals surface area contributed by atoms with Crippen molar-refractivity contribution in [3.8, 4) is 6.07 Å². The highest BCUT2D eigenvalue weighted by molar-refractivity contribution is 5.65. The van der Waals surface area contributed by atoms with Gasteiger partial charge in [-0.15, -0.1) is 0 Å². The molecule has 1 aliphatic rings. The molecule has 2 heterocycles. The Bertz CT molecular complexity index is 471. The van der Waals surface area contributed by atoms with Gasteiger partial charge in [0.2, 0.25) is 0 Å². The molecule has 1 saturated heterocycles. The van der Waals surface area contributed by atoms with E-state index in [1.165, 1.54) is 4.90 Å². The maximum atomic E-state index is 10.8. The van der Waals surface area contributed by atoms with Crippen LogP contribution in [0.2, 0.25) is 0 Å². The minimum Gasteiger partial charge on any atom is -0.465 e. The number of rotatable bonds is 2. The van der Waals surface area contributed by atoms with E-state index in [4.69, 9.17) is 9.63 Å². The SMILES string of the molecule is Cc1cc(C(C#N)N2CCN(C(=O)O)CC2)no1. The number of carbonyl (C=O) groups is 1. The Morgan fingerprint density at radius 2 is 2.22 bits per heavy atom. The molecule has 0 saturated carbocycles. The van der Waals surface area contributed by atoms with E-state index in [0.29, 0.717) is 37.6 Å². The second-order valence-electron chi connectivity index (χ2n) is 4.20. The van der Waals surface area contributed by atoms with Gasteiger partial charge >= 0.3 is 6.09 Å². The van der Waals surface area contributed by atoms with Gasteiger partial charge in [0, 0.05) is 32.2 Å². The van der Waals surface area contributed by atoms with Gasteiger partial charge < -0.3 is 14.5 Å². The maximum absolute atomic E-state index is 10.8. The summed E-state index contributed by atoms with van der Waals surface area (Å²) in [5.41, 5.74) is 0.582. The predicted octanol–water partition coefficient (Wildman–Crippen LogP) is 0.843. The number of nitrogens with zero attached hydrogens (tertiary/aromatic N) is 4. The first kappa shape index (κ1) is 12.4. The highest BCUT2D eigenvalue weighted by Crippen LogP contribution is 2.21. The monoisotopic (exact) mass is 250 g/mol. The van der Waals surface area contributed by atoms with Crippen molar-refractivity contribution < 1.29 is 14.4 Å². The van der Waals surface area contributed by atoms with Crippen LogP contribution in [0.25, 0.3) is 0 Å². The van der Waals surface area contributed by atoms with Crippen molar-refractivity contribution in [3.63, 3.8) is 0 Å². The van der Waals surface area contributed by atoms with E-state index >= 15 is 0 Å². The summed E-state index contributed by atoms with van der Waals surface area (Å²) in [7, 11) is 0. The van der Waals surface area contributed by atoms with Crippen molar-refractivity contribution in [3.05, 3.63) is 17.5 Å². The Labute approximate surface area is 104 Å². The molecule has 1 aliphatic heterocycles. The first-order valence-electron chi connectivity index (χ1n) is 5.66. The summed E-state index contributed by atoms with van der Waals surface area (Å²) in [5, 5.41) is 21.9. The van der Waals surface area contributed by atoms with Gasteiger partial charge in [-0.2, -0.15) is 5.26 Å². The van der Waals surface area contributed by atoms with Gasteiger partial charge in [-0.1, -0.05) is 5.16 Å². The molecule has 1 fully saturated rings. The summed E-state index contributed by atoms with van der Waals surface area (Å²) in [6, 6.07) is 3.44. The van der Waals surface area contributed by atoms with Gasteiger partial charge in [-0.05, 0) is 6.92 Å². The predicted molar refractivity (Wildman–Crippen MR) is 60.8 cm³/mol. The van der Waals surface area contributed by atoms with Gasteiger partial charge in [0.25, 0.3) is 0 Å². The molecular weight excluding hydrogens is 236 g/mol. The zero-order valence-corrected chi connectivity index (χ0v) is 10.0. The Morgan fingerprint density at radius 1 is 1.56 bits per heavy atom. The normalized spacial score (nSPS) is 18.3. The van der Waals surface area contributed by atoms with Gasteiger partial charge in [0.05, 0.1) is 6.07 Å². The standard InChI is InChI=1S/C11H14N4O3/c1-8-6-9(13-18-8)10(7-12)14-2-4-15(5-3-14)11(16)17/h6,10H,2-5H2,1H3,(H,16,17). The van der Waals surface area contributed by atoms with Crippen LogP contribution in [0.1, 0.15) is 17.5 Å². The summed E-state index contributed by atoms with van der Waals surface area (Å²) in [4.78, 5) is 14.0. The van der Waals surface area contributed by atoms with E-state index in [9.17, 15) is 10.1 Å². The Hall–Kier alpha value is -2.07. The van der Waals surface area contributed by atoms with Crippen molar-refractivity contribution in [2.45, 2.75) is 13.0 Å². The molecule has 7 nitrogen and oxygen atoms in total. The lowest BCUT2D eigenvalue weighted by Gasteiger charge is -2.34. The van der Waals surface area contributed by atoms with Crippen LogP contribution in [0.5, 0.6) is 0 Å². The number of hydrogen-bond donors (Lipinski definition) is 1. The number of aryl methyl sites for hydroxylation is 1. The third kappa shape index (κ3) is 2.43. The fourth-order valence-electron chi connectivity index (χ4n) is 2.02. The number of amides is 1. The van der Waals surface area contributed by atoms with Crippen molar-refractivity contribution in [1.29, 1.82) is 5.26 Å². The highest BCUT2D eigenvalue weighted by Gasteiger charge is 2.28. The van der Waals surface area contributed by atoms with Crippen LogP contribution in [0.4, 0.5) is 4.79 Å². The molecule has 2 rings (SSSR count). The first-order chi connectivity index (χ1) is 8.61. The van der Waals surface area contributed by atoms with E-state index in [1.54, 1.807) is 13.0 Å². The molecule has 1 atom stereocenters. The molecule has 7 heteroatoms. The Kier molecular flexibility index (Phi) is 3.48. The van der Waals surface area contributed by atoms with E-state index in [-0.39, 0.29) is 0 Å². The number of hydrogen-bond acceptors (Lipinski definition) is 5. The summed E-state index contributed by atoms with van der Waals surface area (Å²) < 4.78 is 4.97. The van der Waals surface area contributed by atoms with E-state index in [1.807, 2.05) is 4.90 Å². The van der Waals surface area contributed by atoms with Crippen LogP contribution < -0.4 is 0 Å².